The lowest BCUT2D eigenvalue weighted by atomic mass is 10.2. The van der Waals surface area contributed by atoms with Crippen LogP contribution in [0.1, 0.15) is 17.0 Å². The molecule has 1 aliphatic heterocycles. The number of carboxylic acids is 1. The number of carbonyl (C=O) groups is 3. The number of carboxylic acid groups (broad SMARTS) is 1. The molecule has 0 atom stereocenters. The summed E-state index contributed by atoms with van der Waals surface area (Å²) in [4.78, 5) is 35.1. The van der Waals surface area contributed by atoms with Crippen LogP contribution >= 0.6 is 0 Å². The molecule has 2 aromatic heterocycles. The third-order valence-corrected chi connectivity index (χ3v) is 2.95. The van der Waals surface area contributed by atoms with Gasteiger partial charge < -0.3 is 5.11 Å². The fourth-order valence-electron chi connectivity index (χ4n) is 2.00. The topological polar surface area (TPSA) is 117 Å². The van der Waals surface area contributed by atoms with Crippen LogP contribution in [0.5, 0.6) is 0 Å². The van der Waals surface area contributed by atoms with Crippen LogP contribution in [-0.2, 0) is 4.79 Å². The zero-order valence-electron chi connectivity index (χ0n) is 10.1. The Kier molecular flexibility index (Phi) is 2.60. The molecule has 3 heterocycles. The SMILES string of the molecule is O=C1CCN(c2ccn3c(C(=O)O)nnc3c2)C(=O)N1. The van der Waals surface area contributed by atoms with Gasteiger partial charge in [-0.05, 0) is 6.07 Å². The first-order valence-corrected chi connectivity index (χ1v) is 5.75. The van der Waals surface area contributed by atoms with Crippen molar-refractivity contribution in [3.05, 3.63) is 24.2 Å². The molecule has 2 N–H and O–H groups in total. The number of amides is 3. The average Bonchev–Trinajstić information content (AvgIpc) is 2.81. The van der Waals surface area contributed by atoms with Crippen LogP contribution in [0.4, 0.5) is 10.5 Å². The van der Waals surface area contributed by atoms with Gasteiger partial charge >= 0.3 is 12.0 Å². The molecule has 3 rings (SSSR count). The van der Waals surface area contributed by atoms with Gasteiger partial charge in [0.15, 0.2) is 5.65 Å². The summed E-state index contributed by atoms with van der Waals surface area (Å²) in [5.74, 6) is -1.71. The van der Waals surface area contributed by atoms with E-state index in [1.165, 1.54) is 21.6 Å². The van der Waals surface area contributed by atoms with Crippen molar-refractivity contribution in [3.8, 4) is 0 Å². The van der Waals surface area contributed by atoms with Crippen molar-refractivity contribution in [1.82, 2.24) is 19.9 Å². The van der Waals surface area contributed by atoms with Crippen LogP contribution in [0.3, 0.4) is 0 Å². The van der Waals surface area contributed by atoms with Crippen LogP contribution in [0.2, 0.25) is 0 Å². The Morgan fingerprint density at radius 2 is 2.15 bits per heavy atom. The number of hydrogen-bond acceptors (Lipinski definition) is 5. The zero-order valence-corrected chi connectivity index (χ0v) is 10.1. The Labute approximate surface area is 111 Å². The van der Waals surface area contributed by atoms with Crippen molar-refractivity contribution < 1.29 is 19.5 Å². The zero-order chi connectivity index (χ0) is 14.3. The average molecular weight is 275 g/mol. The highest BCUT2D eigenvalue weighted by Crippen LogP contribution is 2.19. The maximum Gasteiger partial charge on any atom is 0.374 e. The number of urea groups is 1. The molecule has 0 spiro atoms. The molecule has 20 heavy (non-hydrogen) atoms. The third kappa shape index (κ3) is 1.85. The summed E-state index contributed by atoms with van der Waals surface area (Å²) >= 11 is 0. The van der Waals surface area contributed by atoms with Gasteiger partial charge in [-0.25, -0.2) is 9.59 Å². The number of anilines is 1. The van der Waals surface area contributed by atoms with Crippen molar-refractivity contribution >= 4 is 29.2 Å². The van der Waals surface area contributed by atoms with E-state index in [9.17, 15) is 14.4 Å². The minimum Gasteiger partial charge on any atom is -0.475 e. The monoisotopic (exact) mass is 275 g/mol. The van der Waals surface area contributed by atoms with Crippen LogP contribution in [0.15, 0.2) is 18.3 Å². The largest absolute Gasteiger partial charge is 0.475 e. The van der Waals surface area contributed by atoms with Gasteiger partial charge in [-0.15, -0.1) is 10.2 Å². The van der Waals surface area contributed by atoms with Crippen molar-refractivity contribution in [2.75, 3.05) is 11.4 Å². The number of hydrogen-bond donors (Lipinski definition) is 2. The predicted molar refractivity (Wildman–Crippen MR) is 65.4 cm³/mol. The number of carbonyl (C=O) groups excluding carboxylic acids is 2. The Hall–Kier alpha value is -2.97. The summed E-state index contributed by atoms with van der Waals surface area (Å²) < 4.78 is 1.30. The first-order valence-electron chi connectivity index (χ1n) is 5.75. The van der Waals surface area contributed by atoms with Gasteiger partial charge in [0.1, 0.15) is 0 Å². The van der Waals surface area contributed by atoms with Gasteiger partial charge in [-0.2, -0.15) is 0 Å². The molecule has 0 saturated carbocycles. The molecule has 0 bridgehead atoms. The van der Waals surface area contributed by atoms with Crippen LogP contribution < -0.4 is 10.2 Å². The van der Waals surface area contributed by atoms with E-state index in [0.29, 0.717) is 11.3 Å². The minimum atomic E-state index is -1.19. The maximum absolute atomic E-state index is 11.7. The summed E-state index contributed by atoms with van der Waals surface area (Å²) in [6.07, 6.45) is 1.68. The second kappa shape index (κ2) is 4.30. The van der Waals surface area contributed by atoms with Crippen molar-refractivity contribution in [2.45, 2.75) is 6.42 Å². The molecule has 9 nitrogen and oxygen atoms in total. The molecule has 3 amide bonds. The number of nitrogens with zero attached hydrogens (tertiary/aromatic N) is 4. The Morgan fingerprint density at radius 3 is 2.85 bits per heavy atom. The first-order chi connectivity index (χ1) is 9.56. The number of aromatic nitrogens is 3. The summed E-state index contributed by atoms with van der Waals surface area (Å²) in [5.41, 5.74) is 0.830. The summed E-state index contributed by atoms with van der Waals surface area (Å²) in [5, 5.41) is 18.4. The lowest BCUT2D eigenvalue weighted by molar-refractivity contribution is -0.120. The van der Waals surface area contributed by atoms with Gasteiger partial charge in [-0.1, -0.05) is 0 Å². The molecule has 1 aliphatic rings. The molecule has 0 aliphatic carbocycles. The van der Waals surface area contributed by atoms with Crippen LogP contribution in [0.25, 0.3) is 5.65 Å². The van der Waals surface area contributed by atoms with E-state index in [0.717, 1.165) is 0 Å². The standard InChI is InChI=1S/C11H9N5O4/c17-8-2-4-15(11(20)12-8)6-1-3-16-7(5-6)13-14-9(16)10(18)19/h1,3,5H,2,4H2,(H,18,19)(H,12,17,20). The second-order valence-corrected chi connectivity index (χ2v) is 4.20. The molecule has 1 fully saturated rings. The highest BCUT2D eigenvalue weighted by atomic mass is 16.4. The molecular formula is C11H9N5O4. The van der Waals surface area contributed by atoms with E-state index in [-0.39, 0.29) is 24.7 Å². The summed E-state index contributed by atoms with van der Waals surface area (Å²) in [7, 11) is 0. The van der Waals surface area contributed by atoms with Crippen molar-refractivity contribution in [3.63, 3.8) is 0 Å². The number of fused-ring (bicyclic) bond motifs is 1. The second-order valence-electron chi connectivity index (χ2n) is 4.20. The number of pyridine rings is 1. The van der Waals surface area contributed by atoms with E-state index in [2.05, 4.69) is 15.5 Å². The number of imide groups is 1. The van der Waals surface area contributed by atoms with E-state index in [4.69, 9.17) is 5.11 Å². The van der Waals surface area contributed by atoms with E-state index < -0.39 is 12.0 Å². The Balaban J connectivity index is 1.99. The molecule has 9 heteroatoms. The third-order valence-electron chi connectivity index (χ3n) is 2.95. The highest BCUT2D eigenvalue weighted by molar-refractivity contribution is 6.05. The summed E-state index contributed by atoms with van der Waals surface area (Å²) in [6.45, 7) is 0.265. The van der Waals surface area contributed by atoms with Crippen molar-refractivity contribution in [1.29, 1.82) is 0 Å². The van der Waals surface area contributed by atoms with Gasteiger partial charge in [0.2, 0.25) is 11.7 Å². The molecule has 0 aromatic carbocycles. The summed E-state index contributed by atoms with van der Waals surface area (Å²) in [6, 6.07) is 2.59. The highest BCUT2D eigenvalue weighted by Gasteiger charge is 2.25. The smallest absolute Gasteiger partial charge is 0.374 e. The van der Waals surface area contributed by atoms with Crippen LogP contribution in [-0.4, -0.2) is 44.2 Å². The predicted octanol–water partition coefficient (Wildman–Crippen LogP) is -0.126. The van der Waals surface area contributed by atoms with E-state index >= 15 is 0 Å². The minimum absolute atomic E-state index is 0.204. The van der Waals surface area contributed by atoms with Gasteiger partial charge in [0, 0.05) is 25.2 Å². The lowest BCUT2D eigenvalue weighted by Gasteiger charge is -2.26. The fraction of sp³-hybridized carbons (Fsp3) is 0.182. The quantitative estimate of drug-likeness (QED) is 0.788. The van der Waals surface area contributed by atoms with Gasteiger partial charge in [0.25, 0.3) is 0 Å². The molecule has 0 unspecified atom stereocenters. The molecule has 0 radical (unpaired) electrons. The molecule has 102 valence electrons. The van der Waals surface area contributed by atoms with Crippen molar-refractivity contribution in [2.24, 2.45) is 0 Å². The Bertz CT molecular complexity index is 737. The fourth-order valence-corrected chi connectivity index (χ4v) is 2.00. The first kappa shape index (κ1) is 12.1. The maximum atomic E-state index is 11.7. The number of rotatable bonds is 2. The van der Waals surface area contributed by atoms with E-state index in [1.54, 1.807) is 6.07 Å². The lowest BCUT2D eigenvalue weighted by Crippen LogP contribution is -2.49. The number of aromatic carboxylic acids is 1. The van der Waals surface area contributed by atoms with E-state index in [1.807, 2.05) is 0 Å². The number of nitrogens with one attached hydrogen (secondary N) is 1. The molecule has 1 saturated heterocycles. The molecule has 2 aromatic rings. The van der Waals surface area contributed by atoms with Gasteiger partial charge in [0.05, 0.1) is 5.69 Å². The van der Waals surface area contributed by atoms with Gasteiger partial charge in [-0.3, -0.25) is 19.4 Å². The molecular weight excluding hydrogens is 266 g/mol. The van der Waals surface area contributed by atoms with Crippen LogP contribution in [0, 0.1) is 0 Å². The normalized spacial score (nSPS) is 15.5. The Morgan fingerprint density at radius 1 is 1.35 bits per heavy atom.